The molecular weight excluding hydrogens is 338 g/mol. The Balaban J connectivity index is 2.34. The van der Waals surface area contributed by atoms with Crippen LogP contribution in [0, 0.1) is 0 Å². The molecule has 0 spiro atoms. The number of carbonyl (C=O) groups is 1. The molecule has 2 aromatic rings. The molecule has 0 saturated carbocycles. The molecule has 0 atom stereocenters. The van der Waals surface area contributed by atoms with Crippen LogP contribution in [0.3, 0.4) is 0 Å². The van der Waals surface area contributed by atoms with Crippen molar-refractivity contribution in [2.75, 3.05) is 14.2 Å². The van der Waals surface area contributed by atoms with E-state index >= 15 is 0 Å². The summed E-state index contributed by atoms with van der Waals surface area (Å²) in [6.07, 6.45) is 0. The number of benzene rings is 2. The quantitative estimate of drug-likeness (QED) is 0.775. The van der Waals surface area contributed by atoms with Crippen molar-refractivity contribution in [3.63, 3.8) is 0 Å². The van der Waals surface area contributed by atoms with E-state index in [1.807, 2.05) is 30.3 Å². The van der Waals surface area contributed by atoms with E-state index in [9.17, 15) is 13.2 Å². The first-order valence-electron chi connectivity index (χ1n) is 6.74. The summed E-state index contributed by atoms with van der Waals surface area (Å²) in [5.74, 6) is -0.683. The van der Waals surface area contributed by atoms with Gasteiger partial charge in [0.1, 0.15) is 0 Å². The largest absolute Gasteiger partial charge is 0.465 e. The lowest BCUT2D eigenvalue weighted by Gasteiger charge is -2.18. The van der Waals surface area contributed by atoms with Gasteiger partial charge in [-0.25, -0.2) is 13.2 Å². The Morgan fingerprint density at radius 3 is 2.43 bits per heavy atom. The minimum absolute atomic E-state index is 0.0132. The Kier molecular flexibility index (Phi) is 5.41. The molecule has 23 heavy (non-hydrogen) atoms. The van der Waals surface area contributed by atoms with Crippen molar-refractivity contribution in [2.45, 2.75) is 11.4 Å². The molecule has 5 nitrogen and oxygen atoms in total. The number of hydrogen-bond donors (Lipinski definition) is 0. The molecule has 0 fully saturated rings. The maximum absolute atomic E-state index is 12.6. The van der Waals surface area contributed by atoms with Crippen LogP contribution in [0.5, 0.6) is 0 Å². The van der Waals surface area contributed by atoms with Crippen LogP contribution in [0.1, 0.15) is 15.9 Å². The second kappa shape index (κ2) is 7.12. The average molecular weight is 354 g/mol. The number of carbonyl (C=O) groups excluding carboxylic acids is 1. The first kappa shape index (κ1) is 17.5. The molecule has 0 N–H and O–H groups in total. The Morgan fingerprint density at radius 1 is 1.17 bits per heavy atom. The number of halogens is 1. The van der Waals surface area contributed by atoms with Crippen LogP contribution in [0.25, 0.3) is 0 Å². The van der Waals surface area contributed by atoms with Crippen LogP contribution in [-0.2, 0) is 21.3 Å². The number of ether oxygens (including phenoxy) is 1. The van der Waals surface area contributed by atoms with Crippen LogP contribution >= 0.6 is 11.6 Å². The van der Waals surface area contributed by atoms with Crippen LogP contribution in [0.4, 0.5) is 0 Å². The van der Waals surface area contributed by atoms with Gasteiger partial charge in [-0.15, -0.1) is 0 Å². The molecular formula is C16H16ClNO4S. The lowest BCUT2D eigenvalue weighted by atomic mass is 10.2. The minimum Gasteiger partial charge on any atom is -0.465 e. The van der Waals surface area contributed by atoms with Crippen molar-refractivity contribution >= 4 is 27.6 Å². The van der Waals surface area contributed by atoms with Crippen molar-refractivity contribution < 1.29 is 17.9 Å². The van der Waals surface area contributed by atoms with Crippen molar-refractivity contribution in [3.05, 3.63) is 64.7 Å². The van der Waals surface area contributed by atoms with Gasteiger partial charge in [0.15, 0.2) is 0 Å². The smallest absolute Gasteiger partial charge is 0.339 e. The van der Waals surface area contributed by atoms with Gasteiger partial charge >= 0.3 is 5.97 Å². The van der Waals surface area contributed by atoms with Gasteiger partial charge in [0, 0.05) is 13.6 Å². The third-order valence-corrected chi connectivity index (χ3v) is 5.43. The maximum atomic E-state index is 12.6. The molecule has 0 aliphatic heterocycles. The molecule has 0 radical (unpaired) electrons. The fraction of sp³-hybridized carbons (Fsp3) is 0.188. The summed E-state index contributed by atoms with van der Waals surface area (Å²) < 4.78 is 31.1. The third kappa shape index (κ3) is 3.90. The molecule has 0 heterocycles. The lowest BCUT2D eigenvalue weighted by Crippen LogP contribution is -2.26. The molecule has 0 aliphatic carbocycles. The fourth-order valence-corrected chi connectivity index (χ4v) is 3.42. The number of esters is 1. The highest BCUT2D eigenvalue weighted by molar-refractivity contribution is 7.89. The van der Waals surface area contributed by atoms with Crippen molar-refractivity contribution in [1.82, 2.24) is 4.31 Å². The monoisotopic (exact) mass is 353 g/mol. The molecule has 2 rings (SSSR count). The Morgan fingerprint density at radius 2 is 1.83 bits per heavy atom. The highest BCUT2D eigenvalue weighted by Gasteiger charge is 2.23. The van der Waals surface area contributed by atoms with E-state index in [0.717, 1.165) is 5.56 Å². The Bertz CT molecular complexity index is 806. The van der Waals surface area contributed by atoms with E-state index in [1.54, 1.807) is 0 Å². The maximum Gasteiger partial charge on any atom is 0.339 e. The summed E-state index contributed by atoms with van der Waals surface area (Å²) in [7, 11) is -1.06. The van der Waals surface area contributed by atoms with Gasteiger partial charge in [-0.3, -0.25) is 0 Å². The van der Waals surface area contributed by atoms with Gasteiger partial charge in [-0.2, -0.15) is 4.31 Å². The molecule has 7 heteroatoms. The van der Waals surface area contributed by atoms with E-state index in [1.165, 1.54) is 36.7 Å². The van der Waals surface area contributed by atoms with E-state index < -0.39 is 16.0 Å². The van der Waals surface area contributed by atoms with Gasteiger partial charge in [0.05, 0.1) is 22.6 Å². The molecule has 0 amide bonds. The zero-order chi connectivity index (χ0) is 17.0. The third-order valence-electron chi connectivity index (χ3n) is 3.30. The van der Waals surface area contributed by atoms with Gasteiger partial charge in [0.2, 0.25) is 10.0 Å². The van der Waals surface area contributed by atoms with Crippen LogP contribution in [0.15, 0.2) is 53.4 Å². The zero-order valence-electron chi connectivity index (χ0n) is 12.7. The van der Waals surface area contributed by atoms with Gasteiger partial charge < -0.3 is 4.74 Å². The molecule has 0 aliphatic rings. The van der Waals surface area contributed by atoms with Gasteiger partial charge in [-0.1, -0.05) is 41.9 Å². The SMILES string of the molecule is COC(=O)c1cc(S(=O)(=O)N(C)Cc2ccccc2)ccc1Cl. The van der Waals surface area contributed by atoms with E-state index in [0.29, 0.717) is 0 Å². The molecule has 2 aromatic carbocycles. The van der Waals surface area contributed by atoms with Crippen LogP contribution in [0.2, 0.25) is 5.02 Å². The number of nitrogens with zero attached hydrogens (tertiary/aromatic N) is 1. The molecule has 0 aromatic heterocycles. The molecule has 122 valence electrons. The van der Waals surface area contributed by atoms with Crippen LogP contribution in [-0.4, -0.2) is 32.8 Å². The van der Waals surface area contributed by atoms with Crippen molar-refractivity contribution in [2.24, 2.45) is 0 Å². The second-order valence-corrected chi connectivity index (χ2v) is 7.33. The second-order valence-electron chi connectivity index (χ2n) is 4.88. The minimum atomic E-state index is -3.75. The average Bonchev–Trinajstić information content (AvgIpc) is 2.55. The standard InChI is InChI=1S/C16H16ClNO4S/c1-18(11-12-6-4-3-5-7-12)23(20,21)13-8-9-15(17)14(10-13)16(19)22-2/h3-10H,11H2,1-2H3. The molecule has 0 bridgehead atoms. The fourth-order valence-electron chi connectivity index (χ4n) is 2.04. The topological polar surface area (TPSA) is 63.7 Å². The summed E-state index contributed by atoms with van der Waals surface area (Å²) >= 11 is 5.92. The van der Waals surface area contributed by atoms with Crippen LogP contribution < -0.4 is 0 Å². The molecule has 0 saturated heterocycles. The number of methoxy groups -OCH3 is 1. The first-order chi connectivity index (χ1) is 10.9. The normalized spacial score (nSPS) is 11.5. The van der Waals surface area contributed by atoms with E-state index in [2.05, 4.69) is 4.74 Å². The van der Waals surface area contributed by atoms with E-state index in [-0.39, 0.29) is 22.0 Å². The lowest BCUT2D eigenvalue weighted by molar-refractivity contribution is 0.0600. The Labute approximate surface area is 140 Å². The van der Waals surface area contributed by atoms with Gasteiger partial charge in [-0.05, 0) is 23.8 Å². The van der Waals surface area contributed by atoms with Crippen molar-refractivity contribution in [3.8, 4) is 0 Å². The summed E-state index contributed by atoms with van der Waals surface area (Å²) in [5, 5.41) is 0.140. The predicted molar refractivity (Wildman–Crippen MR) is 87.9 cm³/mol. The Hall–Kier alpha value is -1.89. The summed E-state index contributed by atoms with van der Waals surface area (Å²) in [6, 6.07) is 13.2. The molecule has 0 unspecified atom stereocenters. The highest BCUT2D eigenvalue weighted by atomic mass is 35.5. The predicted octanol–water partition coefficient (Wildman–Crippen LogP) is 2.95. The summed E-state index contributed by atoms with van der Waals surface area (Å²) in [4.78, 5) is 11.6. The van der Waals surface area contributed by atoms with Gasteiger partial charge in [0.25, 0.3) is 0 Å². The summed E-state index contributed by atoms with van der Waals surface area (Å²) in [6.45, 7) is 0.222. The number of rotatable bonds is 5. The van der Waals surface area contributed by atoms with Crippen molar-refractivity contribution in [1.29, 1.82) is 0 Å². The number of sulfonamides is 1. The first-order valence-corrected chi connectivity index (χ1v) is 8.56. The number of hydrogen-bond acceptors (Lipinski definition) is 4. The zero-order valence-corrected chi connectivity index (χ0v) is 14.3. The van der Waals surface area contributed by atoms with E-state index in [4.69, 9.17) is 11.6 Å². The summed E-state index contributed by atoms with van der Waals surface area (Å²) in [5.41, 5.74) is 0.879. The highest BCUT2D eigenvalue weighted by Crippen LogP contribution is 2.24.